The van der Waals surface area contributed by atoms with Crippen LogP contribution in [0.15, 0.2) is 0 Å². The van der Waals surface area contributed by atoms with Crippen LogP contribution in [0, 0.1) is 5.92 Å². The third kappa shape index (κ3) is 3.18. The van der Waals surface area contributed by atoms with E-state index in [2.05, 4.69) is 5.32 Å². The van der Waals surface area contributed by atoms with Crippen molar-refractivity contribution in [2.24, 2.45) is 11.7 Å². The predicted octanol–water partition coefficient (Wildman–Crippen LogP) is 0.653. The topological polar surface area (TPSA) is 64.3 Å². The van der Waals surface area contributed by atoms with Crippen LogP contribution in [0.1, 0.15) is 33.1 Å². The zero-order valence-electron chi connectivity index (χ0n) is 9.82. The third-order valence-corrected chi connectivity index (χ3v) is 3.10. The van der Waals surface area contributed by atoms with Crippen LogP contribution >= 0.6 is 0 Å². The highest BCUT2D eigenvalue weighted by atomic mass is 16.5. The molecule has 88 valence electrons. The molecular weight excluding hydrogens is 192 g/mol. The molecule has 4 nitrogen and oxygen atoms in total. The molecule has 0 aromatic rings. The van der Waals surface area contributed by atoms with Gasteiger partial charge in [0.05, 0.1) is 18.2 Å². The molecule has 15 heavy (non-hydrogen) atoms. The number of methoxy groups -OCH3 is 1. The summed E-state index contributed by atoms with van der Waals surface area (Å²) in [6, 6.07) is -0.268. The van der Waals surface area contributed by atoms with Crippen LogP contribution in [-0.2, 0) is 9.53 Å². The largest absolute Gasteiger partial charge is 0.379 e. The Labute approximate surface area is 91.5 Å². The Bertz CT molecular complexity index is 219. The molecule has 0 bridgehead atoms. The van der Waals surface area contributed by atoms with E-state index in [4.69, 9.17) is 10.5 Å². The van der Waals surface area contributed by atoms with Crippen molar-refractivity contribution in [2.75, 3.05) is 7.11 Å². The van der Waals surface area contributed by atoms with Crippen LogP contribution in [0.5, 0.6) is 0 Å². The van der Waals surface area contributed by atoms with E-state index in [1.807, 2.05) is 13.8 Å². The average Bonchev–Trinajstić information content (AvgIpc) is 2.63. The fraction of sp³-hybridized carbons (Fsp3) is 0.909. The number of nitrogens with two attached hydrogens (primary N) is 1. The van der Waals surface area contributed by atoms with Crippen molar-refractivity contribution < 1.29 is 9.53 Å². The molecule has 0 heterocycles. The van der Waals surface area contributed by atoms with Gasteiger partial charge in [0.25, 0.3) is 0 Å². The average molecular weight is 214 g/mol. The summed E-state index contributed by atoms with van der Waals surface area (Å²) in [5.41, 5.74) is 5.77. The van der Waals surface area contributed by atoms with Crippen LogP contribution in [0.3, 0.4) is 0 Å². The van der Waals surface area contributed by atoms with Crippen LogP contribution in [0.2, 0.25) is 0 Å². The van der Waals surface area contributed by atoms with E-state index in [-0.39, 0.29) is 24.0 Å². The van der Waals surface area contributed by atoms with Crippen molar-refractivity contribution in [2.45, 2.75) is 51.3 Å². The standard InChI is InChI=1S/C11H22N2O2/c1-7(2)10(12)11(14)13-8-5-4-6-9(8)15-3/h7-10H,4-6,12H2,1-3H3,(H,13,14)/t8?,9?,10-/m1/s1. The van der Waals surface area contributed by atoms with E-state index >= 15 is 0 Å². The van der Waals surface area contributed by atoms with Gasteiger partial charge >= 0.3 is 0 Å². The number of carbonyl (C=O) groups excluding carboxylic acids is 1. The van der Waals surface area contributed by atoms with Gasteiger partial charge < -0.3 is 15.8 Å². The van der Waals surface area contributed by atoms with Gasteiger partial charge in [-0.3, -0.25) is 4.79 Å². The number of hydrogen-bond donors (Lipinski definition) is 2. The SMILES string of the molecule is COC1CCCC1NC(=O)[C@H](N)C(C)C. The summed E-state index contributed by atoms with van der Waals surface area (Å²) in [7, 11) is 1.69. The monoisotopic (exact) mass is 214 g/mol. The first-order chi connectivity index (χ1) is 7.06. The first-order valence-electron chi connectivity index (χ1n) is 5.65. The second kappa shape index (κ2) is 5.47. The second-order valence-electron chi connectivity index (χ2n) is 4.59. The van der Waals surface area contributed by atoms with Gasteiger partial charge in [-0.15, -0.1) is 0 Å². The molecule has 0 saturated heterocycles. The molecule has 2 unspecified atom stereocenters. The molecular formula is C11H22N2O2. The van der Waals surface area contributed by atoms with Crippen LogP contribution in [-0.4, -0.2) is 31.2 Å². The maximum atomic E-state index is 11.7. The fourth-order valence-corrected chi connectivity index (χ4v) is 1.95. The van der Waals surface area contributed by atoms with Gasteiger partial charge in [-0.05, 0) is 25.2 Å². The van der Waals surface area contributed by atoms with Crippen molar-refractivity contribution in [3.05, 3.63) is 0 Å². The molecule has 0 aromatic carbocycles. The number of ether oxygens (including phenoxy) is 1. The summed E-state index contributed by atoms with van der Waals surface area (Å²) >= 11 is 0. The van der Waals surface area contributed by atoms with Gasteiger partial charge in [-0.25, -0.2) is 0 Å². The normalized spacial score (nSPS) is 28.1. The number of nitrogens with one attached hydrogen (secondary N) is 1. The predicted molar refractivity (Wildman–Crippen MR) is 59.4 cm³/mol. The molecule has 1 saturated carbocycles. The summed E-state index contributed by atoms with van der Waals surface area (Å²) in [4.78, 5) is 11.7. The molecule has 1 fully saturated rings. The Morgan fingerprint density at radius 1 is 1.47 bits per heavy atom. The minimum absolute atomic E-state index is 0.0565. The second-order valence-corrected chi connectivity index (χ2v) is 4.59. The minimum atomic E-state index is -0.414. The van der Waals surface area contributed by atoms with E-state index in [0.29, 0.717) is 0 Å². The number of hydrogen-bond acceptors (Lipinski definition) is 3. The van der Waals surface area contributed by atoms with E-state index in [1.165, 1.54) is 0 Å². The lowest BCUT2D eigenvalue weighted by atomic mass is 10.0. The van der Waals surface area contributed by atoms with E-state index in [1.54, 1.807) is 7.11 Å². The molecule has 0 spiro atoms. The highest BCUT2D eigenvalue weighted by Gasteiger charge is 2.30. The van der Waals surface area contributed by atoms with Gasteiger partial charge in [-0.1, -0.05) is 13.8 Å². The van der Waals surface area contributed by atoms with E-state index < -0.39 is 6.04 Å². The summed E-state index contributed by atoms with van der Waals surface area (Å²) in [5, 5.41) is 2.97. The lowest BCUT2D eigenvalue weighted by Gasteiger charge is -2.23. The van der Waals surface area contributed by atoms with Gasteiger partial charge in [0.1, 0.15) is 0 Å². The Hall–Kier alpha value is -0.610. The summed E-state index contributed by atoms with van der Waals surface area (Å²) in [6.07, 6.45) is 3.29. The Morgan fingerprint density at radius 2 is 2.13 bits per heavy atom. The van der Waals surface area contributed by atoms with Gasteiger partial charge in [-0.2, -0.15) is 0 Å². The van der Waals surface area contributed by atoms with Crippen LogP contribution in [0.4, 0.5) is 0 Å². The van der Waals surface area contributed by atoms with Crippen molar-refractivity contribution in [3.8, 4) is 0 Å². The lowest BCUT2D eigenvalue weighted by molar-refractivity contribution is -0.124. The first-order valence-corrected chi connectivity index (χ1v) is 5.65. The molecule has 0 aromatic heterocycles. The summed E-state index contributed by atoms with van der Waals surface area (Å²) in [6.45, 7) is 3.90. The van der Waals surface area contributed by atoms with Crippen LogP contribution in [0.25, 0.3) is 0 Å². The van der Waals surface area contributed by atoms with Gasteiger partial charge in [0.2, 0.25) is 5.91 Å². The molecule has 1 rings (SSSR count). The van der Waals surface area contributed by atoms with Crippen molar-refractivity contribution in [1.29, 1.82) is 0 Å². The maximum Gasteiger partial charge on any atom is 0.237 e. The Balaban J connectivity index is 2.43. The van der Waals surface area contributed by atoms with Gasteiger partial charge in [0, 0.05) is 7.11 Å². The van der Waals surface area contributed by atoms with Crippen molar-refractivity contribution >= 4 is 5.91 Å². The molecule has 0 aliphatic heterocycles. The molecule has 0 radical (unpaired) electrons. The third-order valence-electron chi connectivity index (χ3n) is 3.10. The quantitative estimate of drug-likeness (QED) is 0.722. The molecule has 1 aliphatic rings. The summed E-state index contributed by atoms with van der Waals surface area (Å²) in [5.74, 6) is 0.117. The Kier molecular flexibility index (Phi) is 4.54. The first kappa shape index (κ1) is 12.5. The lowest BCUT2D eigenvalue weighted by Crippen LogP contribution is -2.50. The number of rotatable bonds is 4. The molecule has 4 heteroatoms. The smallest absolute Gasteiger partial charge is 0.237 e. The Morgan fingerprint density at radius 3 is 2.67 bits per heavy atom. The highest BCUT2D eigenvalue weighted by Crippen LogP contribution is 2.21. The van der Waals surface area contributed by atoms with Crippen LogP contribution < -0.4 is 11.1 Å². The molecule has 3 atom stereocenters. The fourth-order valence-electron chi connectivity index (χ4n) is 1.95. The van der Waals surface area contributed by atoms with E-state index in [9.17, 15) is 4.79 Å². The number of amides is 1. The molecule has 3 N–H and O–H groups in total. The highest BCUT2D eigenvalue weighted by molar-refractivity contribution is 5.82. The summed E-state index contributed by atoms with van der Waals surface area (Å²) < 4.78 is 5.31. The zero-order valence-corrected chi connectivity index (χ0v) is 9.82. The minimum Gasteiger partial charge on any atom is -0.379 e. The van der Waals surface area contributed by atoms with Crippen molar-refractivity contribution in [3.63, 3.8) is 0 Å². The molecule has 1 aliphatic carbocycles. The zero-order chi connectivity index (χ0) is 11.4. The molecule has 1 amide bonds. The number of carbonyl (C=O) groups is 1. The van der Waals surface area contributed by atoms with Gasteiger partial charge in [0.15, 0.2) is 0 Å². The maximum absolute atomic E-state index is 11.7. The van der Waals surface area contributed by atoms with Crippen molar-refractivity contribution in [1.82, 2.24) is 5.32 Å². The van der Waals surface area contributed by atoms with E-state index in [0.717, 1.165) is 19.3 Å².